The van der Waals surface area contributed by atoms with Crippen LogP contribution in [0.5, 0.6) is 0 Å². The zero-order valence-corrected chi connectivity index (χ0v) is 15.2. The molecule has 5 heteroatoms. The Bertz CT molecular complexity index is 397. The topological polar surface area (TPSA) is 48.5 Å². The number of hydrogen-bond acceptors (Lipinski definition) is 2. The molecule has 0 aromatic heterocycles. The summed E-state index contributed by atoms with van der Waals surface area (Å²) in [6.45, 7) is 10.9. The van der Waals surface area contributed by atoms with Gasteiger partial charge in [0.1, 0.15) is 0 Å². The molecule has 1 rings (SSSR count). The molecule has 0 aliphatic heterocycles. The molecule has 0 fully saturated rings. The smallest absolute Gasteiger partial charge is 0.191 e. The molecule has 0 spiro atoms. The van der Waals surface area contributed by atoms with E-state index in [4.69, 9.17) is 0 Å². The zero-order valence-electron chi connectivity index (χ0n) is 12.9. The lowest BCUT2D eigenvalue weighted by Gasteiger charge is -2.11. The lowest BCUT2D eigenvalue weighted by atomic mass is 10.2. The second kappa shape index (κ2) is 10.8. The van der Waals surface area contributed by atoms with Crippen LogP contribution in [0.15, 0.2) is 29.3 Å². The van der Waals surface area contributed by atoms with E-state index in [0.717, 1.165) is 24.7 Å². The largest absolute Gasteiger partial charge is 0.383 e. The molecule has 20 heavy (non-hydrogen) atoms. The van der Waals surface area contributed by atoms with Gasteiger partial charge in [0.2, 0.25) is 0 Å². The van der Waals surface area contributed by atoms with Gasteiger partial charge in [0.05, 0.1) is 6.54 Å². The average Bonchev–Trinajstić information content (AvgIpc) is 2.36. The molecule has 0 unspecified atom stereocenters. The minimum atomic E-state index is 0. The fourth-order valence-corrected chi connectivity index (χ4v) is 1.77. The fraction of sp³-hybridized carbons (Fsp3) is 0.533. The number of nitrogens with one attached hydrogen (secondary N) is 3. The quantitative estimate of drug-likeness (QED) is 0.397. The van der Waals surface area contributed by atoms with Gasteiger partial charge in [0.15, 0.2) is 5.96 Å². The SMILES string of the molecule is CCNC(=NCc1cccc(NC(C)C)c1)NCC.I. The van der Waals surface area contributed by atoms with Crippen LogP contribution < -0.4 is 16.0 Å². The first-order chi connectivity index (χ1) is 9.15. The molecule has 0 aliphatic rings. The van der Waals surface area contributed by atoms with E-state index in [9.17, 15) is 0 Å². The van der Waals surface area contributed by atoms with Gasteiger partial charge < -0.3 is 16.0 Å². The maximum Gasteiger partial charge on any atom is 0.191 e. The van der Waals surface area contributed by atoms with Crippen LogP contribution >= 0.6 is 24.0 Å². The molecule has 0 radical (unpaired) electrons. The van der Waals surface area contributed by atoms with Crippen LogP contribution in [0.25, 0.3) is 0 Å². The Labute approximate surface area is 139 Å². The number of aliphatic imine (C=N–C) groups is 1. The molecule has 0 aliphatic carbocycles. The predicted molar refractivity (Wildman–Crippen MR) is 99.1 cm³/mol. The lowest BCUT2D eigenvalue weighted by molar-refractivity contribution is 0.839. The summed E-state index contributed by atoms with van der Waals surface area (Å²) in [7, 11) is 0. The van der Waals surface area contributed by atoms with E-state index in [2.05, 4.69) is 72.9 Å². The van der Waals surface area contributed by atoms with E-state index >= 15 is 0 Å². The summed E-state index contributed by atoms with van der Waals surface area (Å²) in [5, 5.41) is 9.85. The van der Waals surface area contributed by atoms with Crippen LogP contribution in [0, 0.1) is 0 Å². The summed E-state index contributed by atoms with van der Waals surface area (Å²) in [5.41, 5.74) is 2.36. The molecule has 1 aromatic carbocycles. The van der Waals surface area contributed by atoms with Crippen molar-refractivity contribution in [3.63, 3.8) is 0 Å². The van der Waals surface area contributed by atoms with E-state index in [0.29, 0.717) is 12.6 Å². The van der Waals surface area contributed by atoms with Gasteiger partial charge >= 0.3 is 0 Å². The maximum absolute atomic E-state index is 4.56. The third-order valence-electron chi connectivity index (χ3n) is 2.49. The van der Waals surface area contributed by atoms with Crippen molar-refractivity contribution in [1.29, 1.82) is 0 Å². The van der Waals surface area contributed by atoms with Gasteiger partial charge in [-0.05, 0) is 45.4 Å². The molecule has 0 heterocycles. The Kier molecular flexibility index (Phi) is 10.2. The summed E-state index contributed by atoms with van der Waals surface area (Å²) >= 11 is 0. The summed E-state index contributed by atoms with van der Waals surface area (Å²) in [5.74, 6) is 0.868. The molecule has 0 atom stereocenters. The van der Waals surface area contributed by atoms with E-state index in [-0.39, 0.29) is 24.0 Å². The maximum atomic E-state index is 4.56. The average molecular weight is 390 g/mol. The van der Waals surface area contributed by atoms with E-state index < -0.39 is 0 Å². The highest BCUT2D eigenvalue weighted by Crippen LogP contribution is 2.12. The molecule has 0 bridgehead atoms. The van der Waals surface area contributed by atoms with Crippen LogP contribution in [0.4, 0.5) is 5.69 Å². The van der Waals surface area contributed by atoms with Crippen molar-refractivity contribution in [3.05, 3.63) is 29.8 Å². The Morgan fingerprint density at radius 1 is 1.15 bits per heavy atom. The van der Waals surface area contributed by atoms with E-state index in [1.165, 1.54) is 5.56 Å². The number of anilines is 1. The number of guanidine groups is 1. The van der Waals surface area contributed by atoms with Crippen LogP contribution in [-0.2, 0) is 6.54 Å². The predicted octanol–water partition coefficient (Wildman–Crippen LogP) is 3.20. The highest BCUT2D eigenvalue weighted by atomic mass is 127. The van der Waals surface area contributed by atoms with Crippen molar-refractivity contribution in [2.75, 3.05) is 18.4 Å². The number of hydrogen-bond donors (Lipinski definition) is 3. The minimum Gasteiger partial charge on any atom is -0.383 e. The van der Waals surface area contributed by atoms with Crippen LogP contribution in [0.1, 0.15) is 33.3 Å². The molecular weight excluding hydrogens is 363 g/mol. The van der Waals surface area contributed by atoms with E-state index in [1.807, 2.05) is 0 Å². The molecule has 4 nitrogen and oxygen atoms in total. The lowest BCUT2D eigenvalue weighted by Crippen LogP contribution is -2.36. The van der Waals surface area contributed by atoms with Gasteiger partial charge in [0, 0.05) is 24.8 Å². The third kappa shape index (κ3) is 7.57. The van der Waals surface area contributed by atoms with Gasteiger partial charge in [-0.2, -0.15) is 0 Å². The van der Waals surface area contributed by atoms with Crippen LogP contribution in [0.2, 0.25) is 0 Å². The Morgan fingerprint density at radius 3 is 2.35 bits per heavy atom. The van der Waals surface area contributed by atoms with Gasteiger partial charge in [-0.3, -0.25) is 0 Å². The Balaban J connectivity index is 0.00000361. The van der Waals surface area contributed by atoms with Crippen molar-refractivity contribution < 1.29 is 0 Å². The van der Waals surface area contributed by atoms with Crippen molar-refractivity contribution in [2.45, 2.75) is 40.3 Å². The molecule has 0 saturated carbocycles. The number of nitrogens with zero attached hydrogens (tertiary/aromatic N) is 1. The van der Waals surface area contributed by atoms with E-state index in [1.54, 1.807) is 0 Å². The first-order valence-corrected chi connectivity index (χ1v) is 7.03. The zero-order chi connectivity index (χ0) is 14.1. The molecule has 1 aromatic rings. The summed E-state index contributed by atoms with van der Waals surface area (Å²) in [4.78, 5) is 4.56. The molecule has 3 N–H and O–H groups in total. The highest BCUT2D eigenvalue weighted by molar-refractivity contribution is 14.0. The number of benzene rings is 1. The van der Waals surface area contributed by atoms with Gasteiger partial charge in [0.25, 0.3) is 0 Å². The van der Waals surface area contributed by atoms with Gasteiger partial charge in [-0.15, -0.1) is 24.0 Å². The number of rotatable bonds is 6. The monoisotopic (exact) mass is 390 g/mol. The fourth-order valence-electron chi connectivity index (χ4n) is 1.77. The molecule has 0 saturated heterocycles. The Hall–Kier alpha value is -0.980. The highest BCUT2D eigenvalue weighted by Gasteiger charge is 1.99. The van der Waals surface area contributed by atoms with Crippen molar-refractivity contribution >= 4 is 35.6 Å². The second-order valence-corrected chi connectivity index (χ2v) is 4.72. The van der Waals surface area contributed by atoms with Gasteiger partial charge in [-0.1, -0.05) is 12.1 Å². The van der Waals surface area contributed by atoms with Crippen LogP contribution in [-0.4, -0.2) is 25.1 Å². The summed E-state index contributed by atoms with van der Waals surface area (Å²) in [6, 6.07) is 8.85. The summed E-state index contributed by atoms with van der Waals surface area (Å²) < 4.78 is 0. The first kappa shape index (κ1) is 19.0. The molecule has 0 amide bonds. The molecular formula is C15H27IN4. The minimum absolute atomic E-state index is 0. The standard InChI is InChI=1S/C15H26N4.HI/c1-5-16-15(17-6-2)18-11-13-8-7-9-14(10-13)19-12(3)4;/h7-10,12,19H,5-6,11H2,1-4H3,(H2,16,17,18);1H. The second-order valence-electron chi connectivity index (χ2n) is 4.72. The first-order valence-electron chi connectivity index (χ1n) is 7.03. The summed E-state index contributed by atoms with van der Waals surface area (Å²) in [6.07, 6.45) is 0. The Morgan fingerprint density at radius 2 is 1.80 bits per heavy atom. The van der Waals surface area contributed by atoms with Crippen molar-refractivity contribution in [2.24, 2.45) is 4.99 Å². The number of halogens is 1. The third-order valence-corrected chi connectivity index (χ3v) is 2.49. The molecule has 114 valence electrons. The van der Waals surface area contributed by atoms with Crippen molar-refractivity contribution in [3.8, 4) is 0 Å². The van der Waals surface area contributed by atoms with Crippen LogP contribution in [0.3, 0.4) is 0 Å². The normalized spacial score (nSPS) is 9.65. The van der Waals surface area contributed by atoms with Crippen molar-refractivity contribution in [1.82, 2.24) is 10.6 Å². The van der Waals surface area contributed by atoms with Gasteiger partial charge in [-0.25, -0.2) is 4.99 Å².